The average molecular weight is 477 g/mol. The summed E-state index contributed by atoms with van der Waals surface area (Å²) in [6, 6.07) is 14.1. The third-order valence-corrected chi connectivity index (χ3v) is 6.31. The van der Waals surface area contributed by atoms with E-state index in [1.165, 1.54) is 6.42 Å². The molecule has 2 amide bonds. The van der Waals surface area contributed by atoms with Gasteiger partial charge in [-0.25, -0.2) is 0 Å². The zero-order chi connectivity index (χ0) is 22.9. The topological polar surface area (TPSA) is 58.6 Å². The SMILES string of the molecule is CC[C@@H](C(=O)NC1CCCCC1)N(Cc1ccccc1)C(=O)COc1ccc(Cl)cc1Cl. The Balaban J connectivity index is 1.74. The van der Waals surface area contributed by atoms with Gasteiger partial charge in [-0.1, -0.05) is 79.7 Å². The Morgan fingerprint density at radius 3 is 2.47 bits per heavy atom. The predicted octanol–water partition coefficient (Wildman–Crippen LogP) is 5.63. The van der Waals surface area contributed by atoms with Crippen LogP contribution in [0, 0.1) is 0 Å². The lowest BCUT2D eigenvalue weighted by molar-refractivity contribution is -0.143. The van der Waals surface area contributed by atoms with Crippen molar-refractivity contribution < 1.29 is 14.3 Å². The van der Waals surface area contributed by atoms with E-state index in [1.807, 2.05) is 37.3 Å². The predicted molar refractivity (Wildman–Crippen MR) is 128 cm³/mol. The summed E-state index contributed by atoms with van der Waals surface area (Å²) in [5, 5.41) is 4.00. The highest BCUT2D eigenvalue weighted by molar-refractivity contribution is 6.35. The lowest BCUT2D eigenvalue weighted by Crippen LogP contribution is -2.52. The zero-order valence-corrected chi connectivity index (χ0v) is 19.9. The number of benzene rings is 2. The Bertz CT molecular complexity index is 901. The van der Waals surface area contributed by atoms with Crippen LogP contribution in [0.2, 0.25) is 10.0 Å². The second-order valence-corrected chi connectivity index (χ2v) is 8.98. The van der Waals surface area contributed by atoms with Gasteiger partial charge in [0.2, 0.25) is 5.91 Å². The molecule has 0 saturated heterocycles. The van der Waals surface area contributed by atoms with Crippen LogP contribution in [0.3, 0.4) is 0 Å². The number of halogens is 2. The molecule has 0 aliphatic heterocycles. The Hall–Kier alpha value is -2.24. The number of hydrogen-bond donors (Lipinski definition) is 1. The van der Waals surface area contributed by atoms with Gasteiger partial charge in [-0.3, -0.25) is 9.59 Å². The van der Waals surface area contributed by atoms with Crippen LogP contribution in [0.1, 0.15) is 51.0 Å². The first kappa shape index (κ1) is 24.4. The highest BCUT2D eigenvalue weighted by Gasteiger charge is 2.30. The van der Waals surface area contributed by atoms with E-state index in [-0.39, 0.29) is 24.5 Å². The summed E-state index contributed by atoms with van der Waals surface area (Å²) >= 11 is 12.1. The molecule has 0 heterocycles. The molecule has 3 rings (SSSR count). The van der Waals surface area contributed by atoms with Crippen molar-refractivity contribution in [3.05, 3.63) is 64.1 Å². The molecule has 1 atom stereocenters. The van der Waals surface area contributed by atoms with Gasteiger partial charge in [0, 0.05) is 17.6 Å². The van der Waals surface area contributed by atoms with Crippen LogP contribution in [-0.4, -0.2) is 35.4 Å². The molecule has 7 heteroatoms. The van der Waals surface area contributed by atoms with Crippen LogP contribution >= 0.6 is 23.2 Å². The number of carbonyl (C=O) groups excluding carboxylic acids is 2. The van der Waals surface area contributed by atoms with Crippen molar-refractivity contribution in [2.75, 3.05) is 6.61 Å². The number of amides is 2. The third kappa shape index (κ3) is 6.88. The van der Waals surface area contributed by atoms with E-state index >= 15 is 0 Å². The van der Waals surface area contributed by atoms with Crippen LogP contribution < -0.4 is 10.1 Å². The smallest absolute Gasteiger partial charge is 0.261 e. The minimum atomic E-state index is -0.575. The fourth-order valence-corrected chi connectivity index (χ4v) is 4.52. The molecule has 1 aliphatic rings. The molecule has 0 spiro atoms. The molecule has 0 bridgehead atoms. The van der Waals surface area contributed by atoms with Crippen LogP contribution in [0.5, 0.6) is 5.75 Å². The maximum Gasteiger partial charge on any atom is 0.261 e. The zero-order valence-electron chi connectivity index (χ0n) is 18.4. The van der Waals surface area contributed by atoms with Crippen molar-refractivity contribution in [3.63, 3.8) is 0 Å². The van der Waals surface area contributed by atoms with Gasteiger partial charge in [0.25, 0.3) is 5.91 Å². The molecule has 5 nitrogen and oxygen atoms in total. The molecule has 172 valence electrons. The van der Waals surface area contributed by atoms with Gasteiger partial charge in [0.15, 0.2) is 6.61 Å². The number of nitrogens with one attached hydrogen (secondary N) is 1. The summed E-state index contributed by atoms with van der Waals surface area (Å²) in [4.78, 5) is 28.0. The number of rotatable bonds is 9. The minimum Gasteiger partial charge on any atom is -0.482 e. The van der Waals surface area contributed by atoms with E-state index < -0.39 is 6.04 Å². The van der Waals surface area contributed by atoms with Crippen molar-refractivity contribution in [1.29, 1.82) is 0 Å². The highest BCUT2D eigenvalue weighted by atomic mass is 35.5. The first-order valence-corrected chi connectivity index (χ1v) is 11.9. The molecule has 1 aliphatic carbocycles. The van der Waals surface area contributed by atoms with E-state index in [0.29, 0.717) is 28.8 Å². The molecular weight excluding hydrogens is 447 g/mol. The van der Waals surface area contributed by atoms with Gasteiger partial charge in [-0.2, -0.15) is 0 Å². The summed E-state index contributed by atoms with van der Waals surface area (Å²) in [6.45, 7) is 2.03. The molecule has 1 fully saturated rings. The van der Waals surface area contributed by atoms with E-state index in [1.54, 1.807) is 23.1 Å². The normalized spacial score (nSPS) is 15.1. The number of carbonyl (C=O) groups is 2. The van der Waals surface area contributed by atoms with Gasteiger partial charge < -0.3 is 15.0 Å². The molecule has 32 heavy (non-hydrogen) atoms. The van der Waals surface area contributed by atoms with Crippen LogP contribution in [-0.2, 0) is 16.1 Å². The Labute approximate surface area is 200 Å². The van der Waals surface area contributed by atoms with Gasteiger partial charge in [-0.15, -0.1) is 0 Å². The van der Waals surface area contributed by atoms with E-state index in [9.17, 15) is 9.59 Å². The summed E-state index contributed by atoms with van der Waals surface area (Å²) < 4.78 is 5.68. The van der Waals surface area contributed by atoms with Crippen molar-refractivity contribution in [2.24, 2.45) is 0 Å². The van der Waals surface area contributed by atoms with Gasteiger partial charge in [0.05, 0.1) is 5.02 Å². The fraction of sp³-hybridized carbons (Fsp3) is 0.440. The van der Waals surface area contributed by atoms with E-state index in [4.69, 9.17) is 27.9 Å². The molecular formula is C25H30Cl2N2O3. The molecule has 0 radical (unpaired) electrons. The van der Waals surface area contributed by atoms with Crippen molar-refractivity contribution in [1.82, 2.24) is 10.2 Å². The first-order chi connectivity index (χ1) is 15.5. The summed E-state index contributed by atoms with van der Waals surface area (Å²) in [7, 11) is 0. The molecule has 1 saturated carbocycles. The maximum absolute atomic E-state index is 13.2. The van der Waals surface area contributed by atoms with Crippen molar-refractivity contribution >= 4 is 35.0 Å². The summed E-state index contributed by atoms with van der Waals surface area (Å²) in [6.07, 6.45) is 5.97. The number of nitrogens with zero attached hydrogens (tertiary/aromatic N) is 1. The highest BCUT2D eigenvalue weighted by Crippen LogP contribution is 2.27. The molecule has 2 aromatic rings. The largest absolute Gasteiger partial charge is 0.482 e. The average Bonchev–Trinajstić information content (AvgIpc) is 2.79. The van der Waals surface area contributed by atoms with Crippen LogP contribution in [0.15, 0.2) is 48.5 Å². The van der Waals surface area contributed by atoms with Crippen LogP contribution in [0.4, 0.5) is 0 Å². The van der Waals surface area contributed by atoms with E-state index in [2.05, 4.69) is 5.32 Å². The Morgan fingerprint density at radius 2 is 1.81 bits per heavy atom. The second-order valence-electron chi connectivity index (χ2n) is 8.14. The minimum absolute atomic E-state index is 0.104. The standard InChI is InChI=1S/C25H30Cl2N2O3/c1-2-22(25(31)28-20-11-7-4-8-12-20)29(16-18-9-5-3-6-10-18)24(30)17-32-23-14-13-19(26)15-21(23)27/h3,5-6,9-10,13-15,20,22H,2,4,7-8,11-12,16-17H2,1H3,(H,28,31)/t22-/m0/s1. The fourth-order valence-electron chi connectivity index (χ4n) is 4.06. The summed E-state index contributed by atoms with van der Waals surface area (Å²) in [5.41, 5.74) is 0.953. The molecule has 0 unspecified atom stereocenters. The van der Waals surface area contributed by atoms with Gasteiger partial charge in [0.1, 0.15) is 11.8 Å². The van der Waals surface area contributed by atoms with Crippen molar-refractivity contribution in [2.45, 2.75) is 64.1 Å². The number of ether oxygens (including phenoxy) is 1. The summed E-state index contributed by atoms with van der Waals surface area (Å²) in [5.74, 6) is 0.00232. The van der Waals surface area contributed by atoms with Gasteiger partial charge >= 0.3 is 0 Å². The first-order valence-electron chi connectivity index (χ1n) is 11.2. The number of hydrogen-bond acceptors (Lipinski definition) is 3. The maximum atomic E-state index is 13.2. The third-order valence-electron chi connectivity index (χ3n) is 5.78. The van der Waals surface area contributed by atoms with Gasteiger partial charge in [-0.05, 0) is 43.0 Å². The Morgan fingerprint density at radius 1 is 1.09 bits per heavy atom. The lowest BCUT2D eigenvalue weighted by atomic mass is 9.95. The van der Waals surface area contributed by atoms with E-state index in [0.717, 1.165) is 31.2 Å². The molecule has 0 aromatic heterocycles. The Kier molecular flexibility index (Phi) is 9.24. The van der Waals surface area contributed by atoms with Crippen LogP contribution in [0.25, 0.3) is 0 Å². The van der Waals surface area contributed by atoms with Crippen molar-refractivity contribution in [3.8, 4) is 5.75 Å². The lowest BCUT2D eigenvalue weighted by Gasteiger charge is -2.32. The molecule has 1 N–H and O–H groups in total. The second kappa shape index (κ2) is 12.1. The quantitative estimate of drug-likeness (QED) is 0.510. The molecule has 2 aromatic carbocycles. The monoisotopic (exact) mass is 476 g/mol.